The Morgan fingerprint density at radius 2 is 1.96 bits per heavy atom. The lowest BCUT2D eigenvalue weighted by Gasteiger charge is -2.05. The van der Waals surface area contributed by atoms with Gasteiger partial charge in [-0.1, -0.05) is 36.8 Å². The van der Waals surface area contributed by atoms with Gasteiger partial charge >= 0.3 is 5.97 Å². The van der Waals surface area contributed by atoms with Gasteiger partial charge in [0.2, 0.25) is 0 Å². The zero-order chi connectivity index (χ0) is 17.2. The molecule has 1 aliphatic rings. The number of aryl methyl sites for hydroxylation is 2. The Morgan fingerprint density at radius 1 is 1.16 bits per heavy atom. The molecule has 4 rings (SSSR count). The predicted molar refractivity (Wildman–Crippen MR) is 101 cm³/mol. The number of benzene rings is 1. The van der Waals surface area contributed by atoms with Crippen molar-refractivity contribution in [3.05, 3.63) is 58.1 Å². The third kappa shape index (κ3) is 3.24. The largest absolute Gasteiger partial charge is 0.457 e. The van der Waals surface area contributed by atoms with E-state index in [2.05, 4.69) is 6.07 Å². The van der Waals surface area contributed by atoms with Gasteiger partial charge in [-0.25, -0.2) is 9.78 Å². The van der Waals surface area contributed by atoms with Crippen LogP contribution in [0.5, 0.6) is 0 Å². The Labute approximate surface area is 150 Å². The summed E-state index contributed by atoms with van der Waals surface area (Å²) in [5.41, 5.74) is 10.1. The SMILES string of the molecule is Nc1c(C(=O)OCc2ccccc2)sc2nc3c(cc12)CCCCC3. The van der Waals surface area contributed by atoms with E-state index in [1.54, 1.807) is 0 Å². The topological polar surface area (TPSA) is 65.2 Å². The van der Waals surface area contributed by atoms with Crippen LogP contribution >= 0.6 is 11.3 Å². The Hall–Kier alpha value is -2.40. The normalized spacial score (nSPS) is 14.1. The number of rotatable bonds is 3. The molecule has 1 aliphatic carbocycles. The monoisotopic (exact) mass is 352 g/mol. The number of ether oxygens (including phenoxy) is 1. The molecule has 0 fully saturated rings. The maximum Gasteiger partial charge on any atom is 0.350 e. The molecule has 0 bridgehead atoms. The van der Waals surface area contributed by atoms with Gasteiger partial charge in [-0.2, -0.15) is 0 Å². The van der Waals surface area contributed by atoms with Gasteiger partial charge in [0.1, 0.15) is 16.3 Å². The number of thiophene rings is 1. The minimum atomic E-state index is -0.375. The van der Waals surface area contributed by atoms with E-state index in [0.717, 1.165) is 34.3 Å². The minimum Gasteiger partial charge on any atom is -0.457 e. The number of esters is 1. The zero-order valence-corrected chi connectivity index (χ0v) is 14.8. The van der Waals surface area contributed by atoms with Crippen LogP contribution in [0.25, 0.3) is 10.2 Å². The summed E-state index contributed by atoms with van der Waals surface area (Å²) in [6.45, 7) is 0.247. The molecule has 0 amide bonds. The molecule has 0 aliphatic heterocycles. The molecule has 25 heavy (non-hydrogen) atoms. The molecule has 0 radical (unpaired) electrons. The first-order valence-corrected chi connectivity index (χ1v) is 9.46. The Kier molecular flexibility index (Phi) is 4.40. The summed E-state index contributed by atoms with van der Waals surface area (Å²) in [5, 5.41) is 0.886. The fraction of sp³-hybridized carbons (Fsp3) is 0.300. The van der Waals surface area contributed by atoms with Gasteiger partial charge in [-0.3, -0.25) is 0 Å². The molecule has 2 heterocycles. The van der Waals surface area contributed by atoms with E-state index in [9.17, 15) is 4.79 Å². The molecule has 2 N–H and O–H groups in total. The smallest absolute Gasteiger partial charge is 0.350 e. The number of aromatic nitrogens is 1. The number of hydrogen-bond donors (Lipinski definition) is 1. The highest BCUT2D eigenvalue weighted by Gasteiger charge is 2.21. The molecule has 5 heteroatoms. The number of anilines is 1. The standard InChI is InChI=1S/C20H20N2O2S/c21-17-15-11-14-9-5-2-6-10-16(14)22-19(15)25-18(17)20(23)24-12-13-7-3-1-4-8-13/h1,3-4,7-8,11H,2,5-6,9-10,12,21H2. The van der Waals surface area contributed by atoms with Crippen LogP contribution in [0.2, 0.25) is 0 Å². The van der Waals surface area contributed by atoms with Gasteiger partial charge in [-0.15, -0.1) is 11.3 Å². The molecule has 0 unspecified atom stereocenters. The molecule has 0 saturated carbocycles. The highest BCUT2D eigenvalue weighted by atomic mass is 32.1. The summed E-state index contributed by atoms with van der Waals surface area (Å²) in [6, 6.07) is 11.8. The molecule has 1 aromatic carbocycles. The van der Waals surface area contributed by atoms with Crippen molar-refractivity contribution in [2.45, 2.75) is 38.7 Å². The van der Waals surface area contributed by atoms with Crippen molar-refractivity contribution in [3.63, 3.8) is 0 Å². The van der Waals surface area contributed by atoms with Crippen molar-refractivity contribution in [1.29, 1.82) is 0 Å². The lowest BCUT2D eigenvalue weighted by Crippen LogP contribution is -2.05. The number of pyridine rings is 1. The molecule has 0 atom stereocenters. The Bertz CT molecular complexity index is 918. The first-order valence-electron chi connectivity index (χ1n) is 8.64. The van der Waals surface area contributed by atoms with Gasteiger partial charge in [0.05, 0.1) is 5.69 Å². The number of carbonyl (C=O) groups is 1. The van der Waals surface area contributed by atoms with Crippen LogP contribution in [0.3, 0.4) is 0 Å². The van der Waals surface area contributed by atoms with Crippen molar-refractivity contribution < 1.29 is 9.53 Å². The molecule has 128 valence electrons. The van der Waals surface area contributed by atoms with Crippen molar-refractivity contribution in [2.75, 3.05) is 5.73 Å². The lowest BCUT2D eigenvalue weighted by molar-refractivity contribution is 0.0480. The molecule has 0 spiro atoms. The van der Waals surface area contributed by atoms with Crippen molar-refractivity contribution in [2.24, 2.45) is 0 Å². The second kappa shape index (κ2) is 6.84. The minimum absolute atomic E-state index is 0.247. The average Bonchev–Trinajstić information content (AvgIpc) is 2.81. The number of hydrogen-bond acceptors (Lipinski definition) is 5. The van der Waals surface area contributed by atoms with Crippen LogP contribution in [0.1, 0.15) is 45.8 Å². The second-order valence-electron chi connectivity index (χ2n) is 6.41. The highest BCUT2D eigenvalue weighted by molar-refractivity contribution is 7.21. The Balaban J connectivity index is 1.61. The number of nitrogens with zero attached hydrogens (tertiary/aromatic N) is 1. The zero-order valence-electron chi connectivity index (χ0n) is 14.0. The molecule has 4 nitrogen and oxygen atoms in total. The van der Waals surface area contributed by atoms with Crippen molar-refractivity contribution in [1.82, 2.24) is 4.98 Å². The fourth-order valence-corrected chi connectivity index (χ4v) is 4.27. The van der Waals surface area contributed by atoms with E-state index in [1.165, 1.54) is 36.2 Å². The summed E-state index contributed by atoms with van der Waals surface area (Å²) in [5.74, 6) is -0.375. The average molecular weight is 352 g/mol. The molecular weight excluding hydrogens is 332 g/mol. The summed E-state index contributed by atoms with van der Waals surface area (Å²) in [6.07, 6.45) is 5.67. The lowest BCUT2D eigenvalue weighted by atomic mass is 10.1. The second-order valence-corrected chi connectivity index (χ2v) is 7.41. The maximum atomic E-state index is 12.5. The van der Waals surface area contributed by atoms with Crippen LogP contribution in [-0.4, -0.2) is 11.0 Å². The summed E-state index contributed by atoms with van der Waals surface area (Å²) in [7, 11) is 0. The van der Waals surface area contributed by atoms with E-state index in [4.69, 9.17) is 15.5 Å². The van der Waals surface area contributed by atoms with Gasteiger partial charge in [0, 0.05) is 11.1 Å². The van der Waals surface area contributed by atoms with E-state index in [-0.39, 0.29) is 12.6 Å². The number of fused-ring (bicyclic) bond motifs is 2. The van der Waals surface area contributed by atoms with Crippen molar-refractivity contribution >= 4 is 33.2 Å². The molecule has 2 aromatic heterocycles. The number of carbonyl (C=O) groups excluding carboxylic acids is 1. The quantitative estimate of drug-likeness (QED) is 0.556. The summed E-state index contributed by atoms with van der Waals surface area (Å²) >= 11 is 1.34. The van der Waals surface area contributed by atoms with Crippen LogP contribution in [-0.2, 0) is 24.2 Å². The van der Waals surface area contributed by atoms with Gasteiger partial charge in [-0.05, 0) is 42.9 Å². The third-order valence-electron chi connectivity index (χ3n) is 4.65. The molecule has 3 aromatic rings. The Morgan fingerprint density at radius 3 is 2.80 bits per heavy atom. The van der Waals surface area contributed by atoms with E-state index in [1.807, 2.05) is 30.3 Å². The number of nitrogens with two attached hydrogens (primary N) is 1. The van der Waals surface area contributed by atoms with E-state index >= 15 is 0 Å². The predicted octanol–water partition coefficient (Wildman–Crippen LogP) is 4.50. The van der Waals surface area contributed by atoms with Crippen LogP contribution < -0.4 is 5.73 Å². The highest BCUT2D eigenvalue weighted by Crippen LogP contribution is 2.35. The molecular formula is C20H20N2O2S. The molecule has 0 saturated heterocycles. The fourth-order valence-electron chi connectivity index (χ4n) is 3.28. The van der Waals surface area contributed by atoms with Crippen molar-refractivity contribution in [3.8, 4) is 0 Å². The van der Waals surface area contributed by atoms with Crippen LogP contribution in [0.15, 0.2) is 36.4 Å². The first kappa shape index (κ1) is 16.1. The maximum absolute atomic E-state index is 12.5. The summed E-state index contributed by atoms with van der Waals surface area (Å²) in [4.78, 5) is 18.5. The van der Waals surface area contributed by atoms with Gasteiger partial charge in [0.25, 0.3) is 0 Å². The van der Waals surface area contributed by atoms with Gasteiger partial charge in [0.15, 0.2) is 0 Å². The third-order valence-corrected chi connectivity index (χ3v) is 5.74. The number of nitrogen functional groups attached to an aromatic ring is 1. The van der Waals surface area contributed by atoms with Gasteiger partial charge < -0.3 is 10.5 Å². The first-order chi connectivity index (χ1) is 12.2. The van der Waals surface area contributed by atoms with Crippen LogP contribution in [0.4, 0.5) is 5.69 Å². The summed E-state index contributed by atoms with van der Waals surface area (Å²) < 4.78 is 5.43. The van der Waals surface area contributed by atoms with E-state index < -0.39 is 0 Å². The van der Waals surface area contributed by atoms with E-state index in [0.29, 0.717) is 10.6 Å². The van der Waals surface area contributed by atoms with Crippen LogP contribution in [0, 0.1) is 0 Å².